The summed E-state index contributed by atoms with van der Waals surface area (Å²) in [5.41, 5.74) is 4.78. The fourth-order valence-corrected chi connectivity index (χ4v) is 6.95. The van der Waals surface area contributed by atoms with E-state index in [4.69, 9.17) is 0 Å². The molecule has 0 aromatic heterocycles. The lowest BCUT2D eigenvalue weighted by Crippen LogP contribution is -2.25. The third-order valence-corrected chi connectivity index (χ3v) is 9.81. The van der Waals surface area contributed by atoms with Crippen LogP contribution >= 0.6 is 0 Å². The molecule has 0 atom stereocenters. The zero-order valence-corrected chi connectivity index (χ0v) is 26.5. The van der Waals surface area contributed by atoms with Gasteiger partial charge in [-0.05, 0) is 71.6 Å². The molecule has 0 aliphatic heterocycles. The molecule has 5 rings (SSSR count). The van der Waals surface area contributed by atoms with Gasteiger partial charge in [-0.1, -0.05) is 92.7 Å². The molecule has 10 heteroatoms. The zero-order valence-electron chi connectivity index (χ0n) is 24.8. The Labute approximate surface area is 263 Å². The van der Waals surface area contributed by atoms with Gasteiger partial charge in [-0.3, -0.25) is 13.9 Å². The third-order valence-electron chi connectivity index (χ3n) is 7.99. The minimum atomic E-state index is -4.54. The van der Waals surface area contributed by atoms with Crippen LogP contribution < -0.4 is 0 Å². The maximum atomic E-state index is 14.6. The summed E-state index contributed by atoms with van der Waals surface area (Å²) in [4.78, 5) is 16.3. The highest BCUT2D eigenvalue weighted by molar-refractivity contribution is 7.86. The number of Topliss-reactive ketones (excluding diaryl/α,β-unsaturated/α-hetero) is 1. The number of carbonyl (C=O) groups excluding carboxylic acids is 1. The van der Waals surface area contributed by atoms with Crippen molar-refractivity contribution in [2.45, 2.75) is 30.1 Å². The van der Waals surface area contributed by atoms with Gasteiger partial charge in [0.05, 0.1) is 9.79 Å². The van der Waals surface area contributed by atoms with E-state index in [0.29, 0.717) is 51.9 Å². The van der Waals surface area contributed by atoms with E-state index >= 15 is 0 Å². The van der Waals surface area contributed by atoms with Crippen molar-refractivity contribution in [1.82, 2.24) is 4.90 Å². The van der Waals surface area contributed by atoms with Gasteiger partial charge in [-0.25, -0.2) is 0 Å². The molecule has 0 spiro atoms. The highest BCUT2D eigenvalue weighted by Crippen LogP contribution is 2.50. The number of allylic oxidation sites excluding steroid dienone is 4. The zero-order chi connectivity index (χ0) is 32.4. The molecule has 0 saturated heterocycles. The van der Waals surface area contributed by atoms with Crippen LogP contribution in [0.25, 0.3) is 22.3 Å². The average molecular weight is 644 g/mol. The monoisotopic (exact) mass is 643 g/mol. The summed E-state index contributed by atoms with van der Waals surface area (Å²) < 4.78 is 67.9. The molecule has 2 N–H and O–H groups in total. The van der Waals surface area contributed by atoms with E-state index in [0.717, 1.165) is 24.2 Å². The Morgan fingerprint density at radius 1 is 0.578 bits per heavy atom. The number of likely N-dealkylation sites (N-methyl/N-ethyl adjacent to an activating group) is 1. The van der Waals surface area contributed by atoms with Crippen LogP contribution in [-0.4, -0.2) is 56.3 Å². The van der Waals surface area contributed by atoms with E-state index in [9.17, 15) is 30.7 Å². The van der Waals surface area contributed by atoms with Crippen LogP contribution in [0, 0.1) is 0 Å². The minimum absolute atomic E-state index is 0.206. The van der Waals surface area contributed by atoms with Crippen LogP contribution in [0.1, 0.15) is 41.7 Å². The number of benzene rings is 4. The lowest BCUT2D eigenvalue weighted by Gasteiger charge is -2.19. The van der Waals surface area contributed by atoms with Crippen molar-refractivity contribution in [3.8, 4) is 0 Å². The number of nitrogens with zero attached hydrogens (tertiary/aromatic N) is 1. The van der Waals surface area contributed by atoms with Gasteiger partial charge in [0.1, 0.15) is 0 Å². The molecule has 0 unspecified atom stereocenters. The van der Waals surface area contributed by atoms with Crippen molar-refractivity contribution >= 4 is 48.3 Å². The van der Waals surface area contributed by atoms with Gasteiger partial charge in [0.2, 0.25) is 0 Å². The van der Waals surface area contributed by atoms with Crippen molar-refractivity contribution < 1.29 is 30.7 Å². The molecule has 0 bridgehead atoms. The molecule has 0 radical (unpaired) electrons. The lowest BCUT2D eigenvalue weighted by atomic mass is 9.89. The van der Waals surface area contributed by atoms with Crippen molar-refractivity contribution in [2.24, 2.45) is 0 Å². The molecule has 0 fully saturated rings. The van der Waals surface area contributed by atoms with Crippen LogP contribution in [0.15, 0.2) is 113 Å². The van der Waals surface area contributed by atoms with Crippen LogP contribution in [0.3, 0.4) is 0 Å². The van der Waals surface area contributed by atoms with Gasteiger partial charge < -0.3 is 4.90 Å². The first-order valence-corrected chi connectivity index (χ1v) is 17.4. The molecule has 0 heterocycles. The van der Waals surface area contributed by atoms with Crippen molar-refractivity contribution in [3.63, 3.8) is 0 Å². The molecular weight excluding hydrogens is 611 g/mol. The lowest BCUT2D eigenvalue weighted by molar-refractivity contribution is -0.108. The molecule has 1 aliphatic rings. The number of ketones is 1. The summed E-state index contributed by atoms with van der Waals surface area (Å²) in [6, 6.07) is 28.8. The van der Waals surface area contributed by atoms with E-state index in [1.54, 1.807) is 6.07 Å². The van der Waals surface area contributed by atoms with Crippen molar-refractivity contribution in [1.29, 1.82) is 0 Å². The summed E-state index contributed by atoms with van der Waals surface area (Å²) in [5, 5.41) is 0. The second-order valence-corrected chi connectivity index (χ2v) is 13.4. The van der Waals surface area contributed by atoms with Crippen LogP contribution in [0.4, 0.5) is 0 Å². The average Bonchev–Trinajstić information content (AvgIpc) is 3.34. The van der Waals surface area contributed by atoms with Crippen LogP contribution in [0.2, 0.25) is 0 Å². The first kappa shape index (κ1) is 32.2. The Hall–Kier alpha value is -4.19. The highest BCUT2D eigenvalue weighted by atomic mass is 32.2. The Bertz CT molecular complexity index is 2010. The predicted octanol–water partition coefficient (Wildman–Crippen LogP) is 6.17. The van der Waals surface area contributed by atoms with Crippen LogP contribution in [0.5, 0.6) is 0 Å². The Morgan fingerprint density at radius 2 is 1.04 bits per heavy atom. The standard InChI is InChI=1S/C35H33NO7S2/c1-3-36(4-2)22-21-27-23-28(17-20-30(27)45(41,42)43)34-32(25-13-9-6-10-14-25)31(24-11-7-5-8-12-24)33(35(34)37)26-15-18-29(19-16-26)44(38,39)40/h5-20,23H,3-4,21-22H2,1-2H3,(H,38,39,40)(H,41,42,43). The molecule has 0 saturated carbocycles. The summed E-state index contributed by atoms with van der Waals surface area (Å²) in [6.07, 6.45) is 0.329. The summed E-state index contributed by atoms with van der Waals surface area (Å²) in [7, 11) is -8.99. The second kappa shape index (κ2) is 13.0. The highest BCUT2D eigenvalue weighted by Gasteiger charge is 2.36. The second-order valence-electron chi connectivity index (χ2n) is 10.6. The van der Waals surface area contributed by atoms with Crippen LogP contribution in [-0.2, 0) is 31.5 Å². The Balaban J connectivity index is 1.78. The third kappa shape index (κ3) is 6.75. The molecule has 232 valence electrons. The Kier molecular flexibility index (Phi) is 9.33. The summed E-state index contributed by atoms with van der Waals surface area (Å²) in [6.45, 7) is 6.11. The number of rotatable bonds is 11. The first-order chi connectivity index (χ1) is 21.4. The normalized spacial score (nSPS) is 14.1. The molecule has 1 aliphatic carbocycles. The number of hydrogen-bond acceptors (Lipinski definition) is 6. The maximum absolute atomic E-state index is 14.6. The minimum Gasteiger partial charge on any atom is -0.304 e. The summed E-state index contributed by atoms with van der Waals surface area (Å²) in [5.74, 6) is -0.332. The fourth-order valence-electron chi connectivity index (χ4n) is 5.73. The van der Waals surface area contributed by atoms with E-state index in [-0.39, 0.29) is 15.6 Å². The van der Waals surface area contributed by atoms with Gasteiger partial charge in [0.25, 0.3) is 20.2 Å². The summed E-state index contributed by atoms with van der Waals surface area (Å²) >= 11 is 0. The number of carbonyl (C=O) groups is 1. The maximum Gasteiger partial charge on any atom is 0.294 e. The largest absolute Gasteiger partial charge is 0.304 e. The van der Waals surface area contributed by atoms with Gasteiger partial charge in [0.15, 0.2) is 5.78 Å². The van der Waals surface area contributed by atoms with E-state index in [1.807, 2.05) is 74.5 Å². The molecule has 0 amide bonds. The molecule has 4 aromatic carbocycles. The Morgan fingerprint density at radius 3 is 1.51 bits per heavy atom. The van der Waals surface area contributed by atoms with Gasteiger partial charge in [-0.15, -0.1) is 0 Å². The molecule has 45 heavy (non-hydrogen) atoms. The van der Waals surface area contributed by atoms with E-state index in [1.165, 1.54) is 36.4 Å². The smallest absolute Gasteiger partial charge is 0.294 e. The van der Waals surface area contributed by atoms with Gasteiger partial charge in [0, 0.05) is 28.8 Å². The molecular formula is C35H33NO7S2. The van der Waals surface area contributed by atoms with E-state index in [2.05, 4.69) is 4.90 Å². The van der Waals surface area contributed by atoms with E-state index < -0.39 is 20.2 Å². The quantitative estimate of drug-likeness (QED) is 0.186. The van der Waals surface area contributed by atoms with Gasteiger partial charge in [-0.2, -0.15) is 16.8 Å². The number of hydrogen-bond donors (Lipinski definition) is 2. The fraction of sp³-hybridized carbons (Fsp3) is 0.171. The molecule has 4 aromatic rings. The molecule has 8 nitrogen and oxygen atoms in total. The SMILES string of the molecule is CCN(CC)CCc1cc(C2=C(c3ccccc3)C(c3ccccc3)=C(c3ccc(S(=O)(=O)O)cc3)C2=O)ccc1S(=O)(=O)O. The van der Waals surface area contributed by atoms with Crippen molar-refractivity contribution in [3.05, 3.63) is 131 Å². The van der Waals surface area contributed by atoms with Gasteiger partial charge >= 0.3 is 0 Å². The van der Waals surface area contributed by atoms with Crippen molar-refractivity contribution in [2.75, 3.05) is 19.6 Å². The predicted molar refractivity (Wildman–Crippen MR) is 176 cm³/mol. The topological polar surface area (TPSA) is 129 Å². The first-order valence-electron chi connectivity index (χ1n) is 14.5.